The molecule has 0 unspecified atom stereocenters. The molecule has 1 aliphatic heterocycles. The molecule has 0 radical (unpaired) electrons. The lowest BCUT2D eigenvalue weighted by Crippen LogP contribution is -2.35. The SMILES string of the molecule is COc1ccc(COC(=O)c2cc(S(=O)(=O)N3CCCc4ccccc43)ccc2Cl)cc1. The maximum Gasteiger partial charge on any atom is 0.340 e. The zero-order chi connectivity index (χ0) is 22.7. The molecule has 0 N–H and O–H groups in total. The summed E-state index contributed by atoms with van der Waals surface area (Å²) < 4.78 is 38.7. The summed E-state index contributed by atoms with van der Waals surface area (Å²) in [4.78, 5) is 12.7. The predicted octanol–water partition coefficient (Wildman–Crippen LogP) is 4.85. The lowest BCUT2D eigenvalue weighted by molar-refractivity contribution is 0.0472. The van der Waals surface area contributed by atoms with E-state index in [-0.39, 0.29) is 22.1 Å². The van der Waals surface area contributed by atoms with Crippen molar-refractivity contribution in [2.24, 2.45) is 0 Å². The van der Waals surface area contributed by atoms with Gasteiger partial charge in [-0.05, 0) is 60.4 Å². The minimum atomic E-state index is -3.87. The number of carbonyl (C=O) groups excluding carboxylic acids is 1. The van der Waals surface area contributed by atoms with E-state index >= 15 is 0 Å². The molecule has 0 aliphatic carbocycles. The maximum absolute atomic E-state index is 13.4. The monoisotopic (exact) mass is 471 g/mol. The van der Waals surface area contributed by atoms with Gasteiger partial charge in [-0.3, -0.25) is 4.31 Å². The first kappa shape index (κ1) is 22.2. The number of anilines is 1. The first-order valence-corrected chi connectivity index (χ1v) is 11.9. The molecule has 0 atom stereocenters. The van der Waals surface area contributed by atoms with Gasteiger partial charge in [0.25, 0.3) is 10.0 Å². The number of carbonyl (C=O) groups is 1. The van der Waals surface area contributed by atoms with Crippen molar-refractivity contribution in [3.8, 4) is 5.75 Å². The van der Waals surface area contributed by atoms with Crippen molar-refractivity contribution in [2.75, 3.05) is 18.0 Å². The molecule has 4 rings (SSSR count). The molecule has 0 saturated carbocycles. The molecule has 0 amide bonds. The van der Waals surface area contributed by atoms with Crippen molar-refractivity contribution < 1.29 is 22.7 Å². The third-order valence-corrected chi connectivity index (χ3v) is 7.48. The van der Waals surface area contributed by atoms with Crippen molar-refractivity contribution >= 4 is 33.3 Å². The van der Waals surface area contributed by atoms with Crippen LogP contribution in [0.4, 0.5) is 5.69 Å². The first-order valence-electron chi connectivity index (χ1n) is 10.1. The second-order valence-electron chi connectivity index (χ2n) is 7.38. The lowest BCUT2D eigenvalue weighted by Gasteiger charge is -2.30. The highest BCUT2D eigenvalue weighted by Gasteiger charge is 2.30. The van der Waals surface area contributed by atoms with Crippen LogP contribution >= 0.6 is 11.6 Å². The average molecular weight is 472 g/mol. The van der Waals surface area contributed by atoms with Gasteiger partial charge in [0.1, 0.15) is 12.4 Å². The highest BCUT2D eigenvalue weighted by atomic mass is 35.5. The molecule has 6 nitrogen and oxygen atoms in total. The Morgan fingerprint density at radius 1 is 1.06 bits per heavy atom. The van der Waals surface area contributed by atoms with Crippen LogP contribution in [0.2, 0.25) is 5.02 Å². The molecule has 0 aromatic heterocycles. The number of esters is 1. The fourth-order valence-electron chi connectivity index (χ4n) is 3.65. The second-order valence-corrected chi connectivity index (χ2v) is 9.64. The molecule has 8 heteroatoms. The molecule has 3 aromatic carbocycles. The van der Waals surface area contributed by atoms with E-state index in [2.05, 4.69) is 0 Å². The zero-order valence-electron chi connectivity index (χ0n) is 17.5. The molecule has 0 bridgehead atoms. The topological polar surface area (TPSA) is 72.9 Å². The van der Waals surface area contributed by atoms with Gasteiger partial charge in [0.05, 0.1) is 28.3 Å². The van der Waals surface area contributed by atoms with Crippen molar-refractivity contribution in [1.82, 2.24) is 0 Å². The number of fused-ring (bicyclic) bond motifs is 1. The Morgan fingerprint density at radius 2 is 1.81 bits per heavy atom. The number of aryl methyl sites for hydroxylation is 1. The zero-order valence-corrected chi connectivity index (χ0v) is 19.0. The van der Waals surface area contributed by atoms with E-state index in [1.807, 2.05) is 18.2 Å². The second kappa shape index (κ2) is 9.22. The van der Waals surface area contributed by atoms with Crippen molar-refractivity contribution in [2.45, 2.75) is 24.3 Å². The molecule has 32 heavy (non-hydrogen) atoms. The summed E-state index contributed by atoms with van der Waals surface area (Å²) in [6.07, 6.45) is 1.55. The van der Waals surface area contributed by atoms with Crippen LogP contribution in [0, 0.1) is 0 Å². The molecular formula is C24H22ClNO5S. The fraction of sp³-hybridized carbons (Fsp3) is 0.208. The maximum atomic E-state index is 13.4. The number of hydrogen-bond donors (Lipinski definition) is 0. The molecule has 0 spiro atoms. The lowest BCUT2D eigenvalue weighted by atomic mass is 10.0. The van der Waals surface area contributed by atoms with Crippen LogP contribution in [0.3, 0.4) is 0 Å². The number of ether oxygens (including phenoxy) is 2. The summed E-state index contributed by atoms with van der Waals surface area (Å²) in [5.74, 6) is 0.00206. The Balaban J connectivity index is 1.57. The van der Waals surface area contributed by atoms with Crippen LogP contribution in [0.15, 0.2) is 71.6 Å². The van der Waals surface area contributed by atoms with E-state index in [1.165, 1.54) is 22.5 Å². The normalized spacial score (nSPS) is 13.4. The molecule has 0 fully saturated rings. The van der Waals surface area contributed by atoms with Crippen molar-refractivity contribution in [3.05, 3.63) is 88.4 Å². The highest BCUT2D eigenvalue weighted by molar-refractivity contribution is 7.92. The minimum Gasteiger partial charge on any atom is -0.497 e. The summed E-state index contributed by atoms with van der Waals surface area (Å²) in [7, 11) is -2.30. The minimum absolute atomic E-state index is 0.00463. The molecular weight excluding hydrogens is 450 g/mol. The summed E-state index contributed by atoms with van der Waals surface area (Å²) in [5.41, 5.74) is 2.42. The summed E-state index contributed by atoms with van der Waals surface area (Å²) in [6, 6.07) is 18.6. The van der Waals surface area contributed by atoms with Crippen molar-refractivity contribution in [1.29, 1.82) is 0 Å². The van der Waals surface area contributed by atoms with Gasteiger partial charge < -0.3 is 9.47 Å². The number of rotatable bonds is 6. The Kier molecular flexibility index (Phi) is 6.39. The average Bonchev–Trinajstić information content (AvgIpc) is 2.82. The summed E-state index contributed by atoms with van der Waals surface area (Å²) >= 11 is 6.20. The highest BCUT2D eigenvalue weighted by Crippen LogP contribution is 2.33. The van der Waals surface area contributed by atoms with Gasteiger partial charge >= 0.3 is 5.97 Å². The van der Waals surface area contributed by atoms with Crippen LogP contribution in [-0.4, -0.2) is 28.0 Å². The van der Waals surface area contributed by atoms with Crippen LogP contribution in [0.25, 0.3) is 0 Å². The van der Waals surface area contributed by atoms with Gasteiger partial charge in [-0.25, -0.2) is 13.2 Å². The van der Waals surface area contributed by atoms with E-state index < -0.39 is 16.0 Å². The quantitative estimate of drug-likeness (QED) is 0.480. The molecule has 166 valence electrons. The van der Waals surface area contributed by atoms with Crippen LogP contribution in [0.1, 0.15) is 27.9 Å². The van der Waals surface area contributed by atoms with Crippen LogP contribution < -0.4 is 9.04 Å². The van der Waals surface area contributed by atoms with Gasteiger partial charge in [-0.2, -0.15) is 0 Å². The third kappa shape index (κ3) is 4.45. The number of hydrogen-bond acceptors (Lipinski definition) is 5. The molecule has 3 aromatic rings. The predicted molar refractivity (Wildman–Crippen MR) is 123 cm³/mol. The van der Waals surface area contributed by atoms with E-state index in [9.17, 15) is 13.2 Å². The van der Waals surface area contributed by atoms with Gasteiger partial charge in [0, 0.05) is 6.54 Å². The van der Waals surface area contributed by atoms with Gasteiger partial charge in [-0.15, -0.1) is 0 Å². The van der Waals surface area contributed by atoms with E-state index in [4.69, 9.17) is 21.1 Å². The van der Waals surface area contributed by atoms with E-state index in [0.29, 0.717) is 18.0 Å². The smallest absolute Gasteiger partial charge is 0.340 e. The number of sulfonamides is 1. The number of para-hydroxylation sites is 1. The van der Waals surface area contributed by atoms with Gasteiger partial charge in [0.15, 0.2) is 0 Å². The number of nitrogens with zero attached hydrogens (tertiary/aromatic N) is 1. The molecule has 0 saturated heterocycles. The van der Waals surface area contributed by atoms with Crippen LogP contribution in [-0.2, 0) is 27.8 Å². The standard InChI is InChI=1S/C24H22ClNO5S/c1-30-19-10-8-17(9-11-19)16-31-24(27)21-15-20(12-13-22(21)25)32(28,29)26-14-4-6-18-5-2-3-7-23(18)26/h2-3,5,7-13,15H,4,6,14,16H2,1H3. The number of methoxy groups -OCH3 is 1. The Hall–Kier alpha value is -3.03. The summed E-state index contributed by atoms with van der Waals surface area (Å²) in [6.45, 7) is 0.398. The summed E-state index contributed by atoms with van der Waals surface area (Å²) in [5, 5.41) is 0.128. The number of benzene rings is 3. The van der Waals surface area contributed by atoms with Gasteiger partial charge in [0.2, 0.25) is 0 Å². The molecule has 1 heterocycles. The fourth-order valence-corrected chi connectivity index (χ4v) is 5.41. The third-order valence-electron chi connectivity index (χ3n) is 5.34. The Bertz CT molecular complexity index is 1240. The molecule has 1 aliphatic rings. The van der Waals surface area contributed by atoms with E-state index in [1.54, 1.807) is 37.4 Å². The Labute approximate surface area is 192 Å². The number of halogens is 1. The largest absolute Gasteiger partial charge is 0.497 e. The van der Waals surface area contributed by atoms with Gasteiger partial charge in [-0.1, -0.05) is 41.9 Å². The first-order chi connectivity index (χ1) is 15.4. The van der Waals surface area contributed by atoms with E-state index in [0.717, 1.165) is 24.0 Å². The van der Waals surface area contributed by atoms with Crippen LogP contribution in [0.5, 0.6) is 5.75 Å². The Morgan fingerprint density at radius 3 is 2.56 bits per heavy atom. The van der Waals surface area contributed by atoms with Crippen molar-refractivity contribution in [3.63, 3.8) is 0 Å².